The van der Waals surface area contributed by atoms with Gasteiger partial charge in [-0.2, -0.15) is 0 Å². The SMILES string of the molecule is Cc1ccc(Cl)cc1N1CCN(C(=O)c2cccc(S(=O)(=O)NC3CC3)c2)CC1. The van der Waals surface area contributed by atoms with E-state index in [4.69, 9.17) is 11.6 Å². The zero-order valence-electron chi connectivity index (χ0n) is 16.3. The molecule has 2 aromatic carbocycles. The summed E-state index contributed by atoms with van der Waals surface area (Å²) in [6, 6.07) is 12.2. The van der Waals surface area contributed by atoms with Gasteiger partial charge in [-0.3, -0.25) is 4.79 Å². The number of piperazine rings is 1. The fourth-order valence-electron chi connectivity index (χ4n) is 3.54. The number of halogens is 1. The number of nitrogens with zero attached hydrogens (tertiary/aromatic N) is 2. The second-order valence-electron chi connectivity index (χ2n) is 7.63. The molecule has 4 rings (SSSR count). The fraction of sp³-hybridized carbons (Fsp3) is 0.381. The first-order valence-corrected chi connectivity index (χ1v) is 11.6. The van der Waals surface area contributed by atoms with Crippen LogP contribution in [-0.2, 0) is 10.0 Å². The van der Waals surface area contributed by atoms with Crippen LogP contribution in [0.15, 0.2) is 47.4 Å². The number of nitrogens with one attached hydrogen (secondary N) is 1. The molecule has 6 nitrogen and oxygen atoms in total. The molecule has 2 fully saturated rings. The van der Waals surface area contributed by atoms with E-state index in [1.54, 1.807) is 17.0 Å². The van der Waals surface area contributed by atoms with Crippen molar-refractivity contribution in [2.45, 2.75) is 30.7 Å². The number of carbonyl (C=O) groups excluding carboxylic acids is 1. The van der Waals surface area contributed by atoms with E-state index in [0.717, 1.165) is 24.1 Å². The van der Waals surface area contributed by atoms with Crippen molar-refractivity contribution in [3.8, 4) is 0 Å². The molecule has 1 aliphatic heterocycles. The van der Waals surface area contributed by atoms with Gasteiger partial charge in [0.1, 0.15) is 0 Å². The molecule has 1 amide bonds. The van der Waals surface area contributed by atoms with Crippen molar-refractivity contribution in [3.63, 3.8) is 0 Å². The fourth-order valence-corrected chi connectivity index (χ4v) is 5.06. The van der Waals surface area contributed by atoms with Gasteiger partial charge >= 0.3 is 0 Å². The van der Waals surface area contributed by atoms with Crippen molar-refractivity contribution in [1.29, 1.82) is 0 Å². The van der Waals surface area contributed by atoms with E-state index in [9.17, 15) is 13.2 Å². The lowest BCUT2D eigenvalue weighted by atomic mass is 10.1. The maximum Gasteiger partial charge on any atom is 0.254 e. The van der Waals surface area contributed by atoms with Crippen LogP contribution in [0.1, 0.15) is 28.8 Å². The number of anilines is 1. The smallest absolute Gasteiger partial charge is 0.254 e. The highest BCUT2D eigenvalue weighted by Crippen LogP contribution is 2.26. The molecule has 2 aromatic rings. The summed E-state index contributed by atoms with van der Waals surface area (Å²) in [6.45, 7) is 4.59. The summed E-state index contributed by atoms with van der Waals surface area (Å²) < 4.78 is 27.5. The van der Waals surface area contributed by atoms with Crippen LogP contribution >= 0.6 is 11.6 Å². The predicted molar refractivity (Wildman–Crippen MR) is 114 cm³/mol. The Balaban J connectivity index is 1.44. The maximum absolute atomic E-state index is 12.9. The Bertz CT molecular complexity index is 1030. The van der Waals surface area contributed by atoms with Crippen LogP contribution < -0.4 is 9.62 Å². The van der Waals surface area contributed by atoms with Gasteiger partial charge in [0.25, 0.3) is 5.91 Å². The van der Waals surface area contributed by atoms with E-state index < -0.39 is 10.0 Å². The van der Waals surface area contributed by atoms with Crippen LogP contribution in [0.5, 0.6) is 0 Å². The molecule has 29 heavy (non-hydrogen) atoms. The summed E-state index contributed by atoms with van der Waals surface area (Å²) in [7, 11) is -3.58. The number of amides is 1. The van der Waals surface area contributed by atoms with Crippen LogP contribution in [0.4, 0.5) is 5.69 Å². The molecule has 2 aliphatic rings. The van der Waals surface area contributed by atoms with Crippen molar-refractivity contribution in [2.24, 2.45) is 0 Å². The number of rotatable bonds is 5. The first-order valence-electron chi connectivity index (χ1n) is 9.76. The molecule has 1 saturated heterocycles. The van der Waals surface area contributed by atoms with Gasteiger partial charge in [-0.25, -0.2) is 13.1 Å². The number of sulfonamides is 1. The molecule has 0 bridgehead atoms. The van der Waals surface area contributed by atoms with Crippen molar-refractivity contribution in [3.05, 3.63) is 58.6 Å². The summed E-state index contributed by atoms with van der Waals surface area (Å²) in [5.41, 5.74) is 2.63. The zero-order chi connectivity index (χ0) is 20.6. The van der Waals surface area contributed by atoms with Gasteiger partial charge in [-0.05, 0) is 55.7 Å². The second kappa shape index (κ2) is 7.97. The molecular formula is C21H24ClN3O3S. The third-order valence-electron chi connectivity index (χ3n) is 5.37. The van der Waals surface area contributed by atoms with Gasteiger partial charge in [-0.1, -0.05) is 23.7 Å². The van der Waals surface area contributed by atoms with Gasteiger partial charge < -0.3 is 9.80 Å². The lowest BCUT2D eigenvalue weighted by molar-refractivity contribution is 0.0746. The molecular weight excluding hydrogens is 410 g/mol. The molecule has 0 aromatic heterocycles. The average Bonchev–Trinajstić information content (AvgIpc) is 3.53. The zero-order valence-corrected chi connectivity index (χ0v) is 17.8. The molecule has 0 atom stereocenters. The van der Waals surface area contributed by atoms with Crippen molar-refractivity contribution in [2.75, 3.05) is 31.1 Å². The number of hydrogen-bond acceptors (Lipinski definition) is 4. The van der Waals surface area contributed by atoms with Gasteiger partial charge in [0.15, 0.2) is 0 Å². The van der Waals surface area contributed by atoms with Gasteiger partial charge in [0.2, 0.25) is 10.0 Å². The van der Waals surface area contributed by atoms with E-state index in [-0.39, 0.29) is 16.8 Å². The highest BCUT2D eigenvalue weighted by Gasteiger charge is 2.29. The second-order valence-corrected chi connectivity index (χ2v) is 9.78. The molecule has 0 unspecified atom stereocenters. The Morgan fingerprint density at radius 1 is 1.07 bits per heavy atom. The van der Waals surface area contributed by atoms with E-state index in [2.05, 4.69) is 9.62 Å². The molecule has 0 spiro atoms. The van der Waals surface area contributed by atoms with Crippen LogP contribution in [0.2, 0.25) is 5.02 Å². The van der Waals surface area contributed by atoms with Gasteiger partial charge in [-0.15, -0.1) is 0 Å². The minimum atomic E-state index is -3.58. The maximum atomic E-state index is 12.9. The Morgan fingerprint density at radius 2 is 1.79 bits per heavy atom. The molecule has 1 N–H and O–H groups in total. The third kappa shape index (κ3) is 4.57. The summed E-state index contributed by atoms with van der Waals surface area (Å²) >= 11 is 6.14. The quantitative estimate of drug-likeness (QED) is 0.786. The van der Waals surface area contributed by atoms with Crippen molar-refractivity contribution < 1.29 is 13.2 Å². The number of benzene rings is 2. The first-order chi connectivity index (χ1) is 13.8. The van der Waals surface area contributed by atoms with Crippen LogP contribution in [0.25, 0.3) is 0 Å². The van der Waals surface area contributed by atoms with E-state index in [1.807, 2.05) is 25.1 Å². The summed E-state index contributed by atoms with van der Waals surface area (Å²) in [5.74, 6) is -0.143. The Labute approximate surface area is 176 Å². The Hall–Kier alpha value is -2.09. The summed E-state index contributed by atoms with van der Waals surface area (Å²) in [5, 5.41) is 0.696. The van der Waals surface area contributed by atoms with E-state index >= 15 is 0 Å². The number of hydrogen-bond donors (Lipinski definition) is 1. The molecule has 1 heterocycles. The van der Waals surface area contributed by atoms with Crippen molar-refractivity contribution in [1.82, 2.24) is 9.62 Å². The molecule has 0 radical (unpaired) electrons. The molecule has 1 aliphatic carbocycles. The van der Waals surface area contributed by atoms with Gasteiger partial charge in [0, 0.05) is 48.5 Å². The minimum Gasteiger partial charge on any atom is -0.368 e. The lowest BCUT2D eigenvalue weighted by Gasteiger charge is -2.37. The van der Waals surface area contributed by atoms with E-state index in [1.165, 1.54) is 12.1 Å². The topological polar surface area (TPSA) is 69.7 Å². The van der Waals surface area contributed by atoms with Gasteiger partial charge in [0.05, 0.1) is 4.90 Å². The normalized spacial score (nSPS) is 17.4. The predicted octanol–water partition coefficient (Wildman–Crippen LogP) is 3.05. The molecule has 8 heteroatoms. The Morgan fingerprint density at radius 3 is 2.48 bits per heavy atom. The number of carbonyl (C=O) groups is 1. The Kier molecular flexibility index (Phi) is 5.55. The van der Waals surface area contributed by atoms with Crippen molar-refractivity contribution >= 4 is 33.2 Å². The van der Waals surface area contributed by atoms with Crippen LogP contribution in [0.3, 0.4) is 0 Å². The van der Waals surface area contributed by atoms with Crippen LogP contribution in [0, 0.1) is 6.92 Å². The van der Waals surface area contributed by atoms with Crippen LogP contribution in [-0.4, -0.2) is 51.4 Å². The molecule has 1 saturated carbocycles. The summed E-state index contributed by atoms with van der Waals surface area (Å²) in [6.07, 6.45) is 1.74. The number of aryl methyl sites for hydroxylation is 1. The monoisotopic (exact) mass is 433 g/mol. The summed E-state index contributed by atoms with van der Waals surface area (Å²) in [4.78, 5) is 17.1. The third-order valence-corrected chi connectivity index (χ3v) is 7.12. The molecule has 154 valence electrons. The standard InChI is InChI=1S/C21H24ClN3O3S/c1-15-5-6-17(22)14-20(15)24-9-11-25(12-10-24)21(26)16-3-2-4-19(13-16)29(27,28)23-18-7-8-18/h2-6,13-14,18,23H,7-12H2,1H3. The minimum absolute atomic E-state index is 0.0300. The average molecular weight is 434 g/mol. The lowest BCUT2D eigenvalue weighted by Crippen LogP contribution is -2.49. The highest BCUT2D eigenvalue weighted by molar-refractivity contribution is 7.89. The first kappa shape index (κ1) is 20.2. The largest absolute Gasteiger partial charge is 0.368 e. The van der Waals surface area contributed by atoms with E-state index in [0.29, 0.717) is 36.8 Å². The highest BCUT2D eigenvalue weighted by atomic mass is 35.5.